The maximum absolute atomic E-state index is 12.1. The zero-order chi connectivity index (χ0) is 31.9. The average Bonchev–Trinajstić information content (AvgIpc) is 3.50. The van der Waals surface area contributed by atoms with Crippen LogP contribution < -0.4 is 9.47 Å². The summed E-state index contributed by atoms with van der Waals surface area (Å²) in [5.41, 5.74) is 7.96. The number of methoxy groups -OCH3 is 2. The fraction of sp³-hybridized carbons (Fsp3) is 0.231. The van der Waals surface area contributed by atoms with Gasteiger partial charge in [-0.3, -0.25) is 4.68 Å². The molecule has 6 rings (SSSR count). The van der Waals surface area contributed by atoms with Gasteiger partial charge in [-0.05, 0) is 84.1 Å². The Kier molecular flexibility index (Phi) is 9.85. The van der Waals surface area contributed by atoms with E-state index in [-0.39, 0.29) is 6.04 Å². The maximum Gasteiger partial charge on any atom is 0.330 e. The van der Waals surface area contributed by atoms with Crippen molar-refractivity contribution in [2.75, 3.05) is 14.2 Å². The van der Waals surface area contributed by atoms with Crippen molar-refractivity contribution in [3.63, 3.8) is 0 Å². The highest BCUT2D eigenvalue weighted by Crippen LogP contribution is 2.41. The van der Waals surface area contributed by atoms with Crippen molar-refractivity contribution in [2.24, 2.45) is 0 Å². The Labute approximate surface area is 275 Å². The van der Waals surface area contributed by atoms with E-state index in [2.05, 4.69) is 28.9 Å². The quantitative estimate of drug-likeness (QED) is 0.113. The van der Waals surface area contributed by atoms with Gasteiger partial charge in [0.1, 0.15) is 18.1 Å². The summed E-state index contributed by atoms with van der Waals surface area (Å²) in [5.74, 6) is 1.11. The van der Waals surface area contributed by atoms with Crippen LogP contribution in [0.25, 0.3) is 39.6 Å². The normalized spacial score (nSPS) is 13.5. The molecule has 46 heavy (non-hydrogen) atoms. The van der Waals surface area contributed by atoms with E-state index >= 15 is 0 Å². The van der Waals surface area contributed by atoms with Crippen LogP contribution in [0.15, 0.2) is 103 Å². The molecule has 0 bridgehead atoms. The van der Waals surface area contributed by atoms with Gasteiger partial charge in [0.2, 0.25) is 0 Å². The first-order valence-corrected chi connectivity index (χ1v) is 16.0. The van der Waals surface area contributed by atoms with Crippen LogP contribution in [-0.2, 0) is 16.1 Å². The molecule has 1 aliphatic carbocycles. The molecule has 0 atom stereocenters. The Balaban J connectivity index is 1.35. The molecule has 234 valence electrons. The van der Waals surface area contributed by atoms with Gasteiger partial charge in [0.25, 0.3) is 0 Å². The second-order valence-corrected chi connectivity index (χ2v) is 11.8. The average molecular weight is 633 g/mol. The van der Waals surface area contributed by atoms with Crippen LogP contribution in [0, 0.1) is 0 Å². The largest absolute Gasteiger partial charge is 0.497 e. The van der Waals surface area contributed by atoms with Crippen LogP contribution in [0.1, 0.15) is 49.4 Å². The number of nitrogens with zero attached hydrogens (tertiary/aromatic N) is 2. The molecule has 0 radical (unpaired) electrons. The third-order valence-corrected chi connectivity index (χ3v) is 8.74. The van der Waals surface area contributed by atoms with Crippen molar-refractivity contribution < 1.29 is 19.0 Å². The van der Waals surface area contributed by atoms with Crippen molar-refractivity contribution >= 4 is 23.6 Å². The van der Waals surface area contributed by atoms with Gasteiger partial charge in [0, 0.05) is 27.8 Å². The van der Waals surface area contributed by atoms with Crippen molar-refractivity contribution in [3.05, 3.63) is 119 Å². The summed E-state index contributed by atoms with van der Waals surface area (Å²) in [5, 5.41) is 5.82. The van der Waals surface area contributed by atoms with Gasteiger partial charge >= 0.3 is 5.97 Å². The standard InChI is InChI=1S/C39H37ClN2O4/c1-44-34-21-22-35(27-13-17-31(40)18-14-27)30(25-34)26-46-33-19-15-29(16-20-33)39-38(28-9-5-3-6-10-28)36(23-24-37(43)45-2)41-42(39)32-11-7-4-8-12-32/h3,5-6,9-10,13-25,32H,4,7-8,11-12,26H2,1-2H3/b24-23+. The Morgan fingerprint density at radius 1 is 0.848 bits per heavy atom. The van der Waals surface area contributed by atoms with Crippen molar-refractivity contribution in [3.8, 4) is 45.0 Å². The SMILES string of the molecule is COC(=O)/C=C/c1nn(C2CCCCC2)c(-c2ccc(OCc3cc(OC)ccc3-c3ccc(Cl)cc3)cc2)c1-c1ccccc1. The van der Waals surface area contributed by atoms with Crippen LogP contribution in [-0.4, -0.2) is 30.0 Å². The highest BCUT2D eigenvalue weighted by atomic mass is 35.5. The highest BCUT2D eigenvalue weighted by Gasteiger charge is 2.26. The molecule has 0 saturated heterocycles. The number of benzene rings is 4. The second kappa shape index (κ2) is 14.5. The number of hydrogen-bond acceptors (Lipinski definition) is 5. The van der Waals surface area contributed by atoms with Crippen molar-refractivity contribution in [1.82, 2.24) is 9.78 Å². The topological polar surface area (TPSA) is 62.6 Å². The Morgan fingerprint density at radius 3 is 2.24 bits per heavy atom. The number of rotatable bonds is 10. The van der Waals surface area contributed by atoms with E-state index in [9.17, 15) is 4.79 Å². The minimum atomic E-state index is -0.412. The number of aromatic nitrogens is 2. The first-order valence-electron chi connectivity index (χ1n) is 15.6. The summed E-state index contributed by atoms with van der Waals surface area (Å²) in [7, 11) is 3.05. The van der Waals surface area contributed by atoms with E-state index in [4.69, 9.17) is 30.9 Å². The Hall–Kier alpha value is -4.81. The highest BCUT2D eigenvalue weighted by molar-refractivity contribution is 6.30. The molecule has 0 amide bonds. The smallest absolute Gasteiger partial charge is 0.330 e. The number of carbonyl (C=O) groups excluding carboxylic acids is 1. The molecule has 7 heteroatoms. The summed E-state index contributed by atoms with van der Waals surface area (Å²) < 4.78 is 18.9. The molecule has 6 nitrogen and oxygen atoms in total. The van der Waals surface area contributed by atoms with Crippen LogP contribution in [0.5, 0.6) is 11.5 Å². The van der Waals surface area contributed by atoms with Gasteiger partial charge < -0.3 is 14.2 Å². The first-order chi connectivity index (χ1) is 22.5. The van der Waals surface area contributed by atoms with E-state index in [0.717, 1.165) is 69.1 Å². The van der Waals surface area contributed by atoms with Crippen LogP contribution in [0.3, 0.4) is 0 Å². The molecule has 0 unspecified atom stereocenters. The minimum Gasteiger partial charge on any atom is -0.497 e. The summed E-state index contributed by atoms with van der Waals surface area (Å²) in [6.07, 6.45) is 8.94. The lowest BCUT2D eigenvalue weighted by molar-refractivity contribution is -0.134. The molecular weight excluding hydrogens is 596 g/mol. The summed E-state index contributed by atoms with van der Waals surface area (Å²) >= 11 is 6.15. The summed E-state index contributed by atoms with van der Waals surface area (Å²) in [6, 6.07) is 32.5. The predicted octanol–water partition coefficient (Wildman–Crippen LogP) is 9.82. The number of esters is 1. The molecule has 0 spiro atoms. The summed E-state index contributed by atoms with van der Waals surface area (Å²) in [4.78, 5) is 12.1. The first kappa shape index (κ1) is 31.2. The van der Waals surface area contributed by atoms with Crippen molar-refractivity contribution in [1.29, 1.82) is 0 Å². The second-order valence-electron chi connectivity index (χ2n) is 11.4. The molecule has 1 heterocycles. The fourth-order valence-electron chi connectivity index (χ4n) is 6.14. The molecule has 0 N–H and O–H groups in total. The lowest BCUT2D eigenvalue weighted by Gasteiger charge is -2.24. The van der Waals surface area contributed by atoms with Gasteiger partial charge in [-0.1, -0.05) is 79.4 Å². The molecule has 1 saturated carbocycles. The van der Waals surface area contributed by atoms with Crippen LogP contribution in [0.4, 0.5) is 0 Å². The zero-order valence-electron chi connectivity index (χ0n) is 26.1. The van der Waals surface area contributed by atoms with Gasteiger partial charge in [0.05, 0.1) is 31.6 Å². The molecule has 4 aromatic carbocycles. The lowest BCUT2D eigenvalue weighted by Crippen LogP contribution is -2.15. The van der Waals surface area contributed by atoms with Crippen LogP contribution in [0.2, 0.25) is 5.02 Å². The van der Waals surface area contributed by atoms with Gasteiger partial charge in [-0.25, -0.2) is 4.79 Å². The minimum absolute atomic E-state index is 0.279. The van der Waals surface area contributed by atoms with E-state index in [0.29, 0.717) is 11.6 Å². The monoisotopic (exact) mass is 632 g/mol. The molecule has 5 aromatic rings. The lowest BCUT2D eigenvalue weighted by atomic mass is 9.94. The van der Waals surface area contributed by atoms with Gasteiger partial charge in [0.15, 0.2) is 0 Å². The van der Waals surface area contributed by atoms with E-state index in [1.165, 1.54) is 32.4 Å². The zero-order valence-corrected chi connectivity index (χ0v) is 26.9. The van der Waals surface area contributed by atoms with E-state index in [1.807, 2.05) is 72.8 Å². The van der Waals surface area contributed by atoms with Crippen molar-refractivity contribution in [2.45, 2.75) is 44.8 Å². The van der Waals surface area contributed by atoms with E-state index in [1.54, 1.807) is 13.2 Å². The third kappa shape index (κ3) is 7.03. The van der Waals surface area contributed by atoms with Gasteiger partial charge in [-0.15, -0.1) is 0 Å². The van der Waals surface area contributed by atoms with Gasteiger partial charge in [-0.2, -0.15) is 5.10 Å². The van der Waals surface area contributed by atoms with Crippen LogP contribution >= 0.6 is 11.6 Å². The Morgan fingerprint density at radius 2 is 1.54 bits per heavy atom. The number of carbonyl (C=O) groups is 1. The predicted molar refractivity (Wildman–Crippen MR) is 184 cm³/mol. The molecule has 1 aromatic heterocycles. The fourth-order valence-corrected chi connectivity index (χ4v) is 6.26. The molecule has 1 fully saturated rings. The summed E-state index contributed by atoms with van der Waals surface area (Å²) in [6.45, 7) is 0.367. The van der Waals surface area contributed by atoms with E-state index < -0.39 is 5.97 Å². The molecule has 1 aliphatic rings. The number of ether oxygens (including phenoxy) is 3. The Bertz CT molecular complexity index is 1810. The number of hydrogen-bond donors (Lipinski definition) is 0. The molecular formula is C39H37ClN2O4. The third-order valence-electron chi connectivity index (χ3n) is 8.49. The maximum atomic E-state index is 12.1. The number of halogens is 1. The molecule has 0 aliphatic heterocycles.